The Labute approximate surface area is 198 Å². The highest BCUT2D eigenvalue weighted by Gasteiger charge is 2.32. The third-order valence-corrected chi connectivity index (χ3v) is 5.86. The third-order valence-electron chi connectivity index (χ3n) is 5.86. The fourth-order valence-electron chi connectivity index (χ4n) is 3.70. The summed E-state index contributed by atoms with van der Waals surface area (Å²) in [4.78, 5) is 17.5. The van der Waals surface area contributed by atoms with Gasteiger partial charge in [0, 0.05) is 37.2 Å². The first-order valence-electron chi connectivity index (χ1n) is 11.5. The number of benzene rings is 1. The van der Waals surface area contributed by atoms with Crippen LogP contribution >= 0.6 is 0 Å². The Kier molecular flexibility index (Phi) is 7.09. The molecule has 188 valence electrons. The highest BCUT2D eigenvalue weighted by molar-refractivity contribution is 5.97. The van der Waals surface area contributed by atoms with Gasteiger partial charge >= 0.3 is 6.18 Å². The van der Waals surface area contributed by atoms with Gasteiger partial charge in [0.05, 0.1) is 23.3 Å². The second kappa shape index (κ2) is 9.24. The summed E-state index contributed by atoms with van der Waals surface area (Å²) in [7, 11) is 1.90. The van der Waals surface area contributed by atoms with E-state index in [1.54, 1.807) is 13.8 Å². The zero-order valence-corrected chi connectivity index (χ0v) is 20.7. The lowest BCUT2D eigenvalue weighted by Gasteiger charge is -2.20. The van der Waals surface area contributed by atoms with E-state index in [0.29, 0.717) is 18.0 Å². The lowest BCUT2D eigenvalue weighted by molar-refractivity contribution is -0.137. The Morgan fingerprint density at radius 2 is 1.79 bits per heavy atom. The largest absolute Gasteiger partial charge is 0.493 e. The van der Waals surface area contributed by atoms with Crippen LogP contribution in [-0.4, -0.2) is 32.6 Å². The smallest absolute Gasteiger partial charge is 0.416 e. The molecule has 9 heteroatoms. The molecule has 1 aromatic heterocycles. The van der Waals surface area contributed by atoms with E-state index < -0.39 is 23.2 Å². The van der Waals surface area contributed by atoms with E-state index in [2.05, 4.69) is 25.8 Å². The Morgan fingerprint density at radius 3 is 2.32 bits per heavy atom. The van der Waals surface area contributed by atoms with E-state index in [-0.39, 0.29) is 29.8 Å². The monoisotopic (exact) mass is 481 g/mol. The quantitative estimate of drug-likeness (QED) is 0.616. The molecule has 1 N–H and O–H groups in total. The molecule has 0 aliphatic heterocycles. The van der Waals surface area contributed by atoms with Crippen molar-refractivity contribution in [3.05, 3.63) is 46.6 Å². The summed E-state index contributed by atoms with van der Waals surface area (Å²) < 4.78 is 49.6. The average Bonchev–Trinajstić information content (AvgIpc) is 3.45. The second-order valence-electron chi connectivity index (χ2n) is 10.7. The predicted molar refractivity (Wildman–Crippen MR) is 123 cm³/mol. The van der Waals surface area contributed by atoms with E-state index in [1.165, 1.54) is 0 Å². The van der Waals surface area contributed by atoms with Crippen molar-refractivity contribution < 1.29 is 27.8 Å². The van der Waals surface area contributed by atoms with Gasteiger partial charge in [-0.3, -0.25) is 14.2 Å². The van der Waals surface area contributed by atoms with E-state index in [0.717, 1.165) is 36.7 Å². The molecule has 1 aliphatic rings. The summed E-state index contributed by atoms with van der Waals surface area (Å²) in [5, 5.41) is 9.90. The molecule has 1 fully saturated rings. The third kappa shape index (κ3) is 6.52. The van der Waals surface area contributed by atoms with Gasteiger partial charge in [-0.1, -0.05) is 20.8 Å². The SMILES string of the molecule is Cn1c(C(C)(C)C)c/c(=N\C(=O)c2cc(C(F)(F)F)ccc2OCCC(C)(C)O)n1CC1CC1. The van der Waals surface area contributed by atoms with Gasteiger partial charge in [0.25, 0.3) is 5.91 Å². The molecular formula is C25H34F3N3O3. The molecule has 1 amide bonds. The van der Waals surface area contributed by atoms with Crippen LogP contribution in [0.2, 0.25) is 0 Å². The van der Waals surface area contributed by atoms with Crippen LogP contribution in [0.5, 0.6) is 5.75 Å². The summed E-state index contributed by atoms with van der Waals surface area (Å²) >= 11 is 0. The van der Waals surface area contributed by atoms with Crippen molar-refractivity contribution in [2.45, 2.75) is 77.6 Å². The molecule has 1 aliphatic carbocycles. The summed E-state index contributed by atoms with van der Waals surface area (Å²) in [6.07, 6.45) is -2.17. The van der Waals surface area contributed by atoms with E-state index in [4.69, 9.17) is 4.74 Å². The van der Waals surface area contributed by atoms with Crippen molar-refractivity contribution in [2.24, 2.45) is 18.0 Å². The Hall–Kier alpha value is -2.55. The number of amides is 1. The van der Waals surface area contributed by atoms with Crippen LogP contribution in [0, 0.1) is 5.92 Å². The Balaban J connectivity index is 2.05. The number of hydrogen-bond acceptors (Lipinski definition) is 3. The highest BCUT2D eigenvalue weighted by atomic mass is 19.4. The topological polar surface area (TPSA) is 68.8 Å². The van der Waals surface area contributed by atoms with Gasteiger partial charge in [-0.2, -0.15) is 18.2 Å². The summed E-state index contributed by atoms with van der Waals surface area (Å²) in [5.41, 5.74) is -1.06. The maximum absolute atomic E-state index is 13.4. The molecule has 0 spiro atoms. The molecule has 34 heavy (non-hydrogen) atoms. The number of hydrogen-bond donors (Lipinski definition) is 1. The normalized spacial score (nSPS) is 15.6. The summed E-state index contributed by atoms with van der Waals surface area (Å²) in [6, 6.07) is 4.62. The Morgan fingerprint density at radius 1 is 1.15 bits per heavy atom. The zero-order chi connectivity index (χ0) is 25.5. The maximum atomic E-state index is 13.4. The molecule has 2 aromatic rings. The first kappa shape index (κ1) is 26.1. The fraction of sp³-hybridized carbons (Fsp3) is 0.600. The molecule has 0 unspecified atom stereocenters. The molecule has 1 aromatic carbocycles. The molecular weight excluding hydrogens is 447 g/mol. The first-order chi connectivity index (χ1) is 15.6. The van der Waals surface area contributed by atoms with Crippen LogP contribution in [0.1, 0.15) is 75.5 Å². The zero-order valence-electron chi connectivity index (χ0n) is 20.7. The predicted octanol–water partition coefficient (Wildman–Crippen LogP) is 4.83. The van der Waals surface area contributed by atoms with Gasteiger partial charge in [-0.15, -0.1) is 0 Å². The minimum Gasteiger partial charge on any atom is -0.493 e. The molecule has 1 heterocycles. The molecule has 0 radical (unpaired) electrons. The Bertz CT molecular complexity index is 1110. The van der Waals surface area contributed by atoms with Crippen molar-refractivity contribution >= 4 is 5.91 Å². The lowest BCUT2D eigenvalue weighted by atomic mass is 9.92. The van der Waals surface area contributed by atoms with Gasteiger partial charge in [0.2, 0.25) is 0 Å². The molecule has 0 atom stereocenters. The van der Waals surface area contributed by atoms with Crippen LogP contribution in [0.15, 0.2) is 29.3 Å². The molecule has 0 bridgehead atoms. The number of aromatic nitrogens is 2. The van der Waals surface area contributed by atoms with Crippen LogP contribution in [-0.2, 0) is 25.2 Å². The van der Waals surface area contributed by atoms with Crippen LogP contribution in [0.3, 0.4) is 0 Å². The number of halogens is 3. The van der Waals surface area contributed by atoms with Gasteiger partial charge in [0.1, 0.15) is 5.75 Å². The number of rotatable bonds is 7. The average molecular weight is 482 g/mol. The van der Waals surface area contributed by atoms with Gasteiger partial charge < -0.3 is 9.84 Å². The first-order valence-corrected chi connectivity index (χ1v) is 11.5. The van der Waals surface area contributed by atoms with Crippen molar-refractivity contribution in [1.82, 2.24) is 9.36 Å². The van der Waals surface area contributed by atoms with E-state index >= 15 is 0 Å². The number of nitrogens with zero attached hydrogens (tertiary/aromatic N) is 3. The molecule has 3 rings (SSSR count). The molecule has 1 saturated carbocycles. The summed E-state index contributed by atoms with van der Waals surface area (Å²) in [6.45, 7) is 10.1. The van der Waals surface area contributed by atoms with E-state index in [1.807, 2.05) is 22.5 Å². The number of alkyl halides is 3. The van der Waals surface area contributed by atoms with Gasteiger partial charge in [0.15, 0.2) is 5.49 Å². The lowest BCUT2D eigenvalue weighted by Crippen LogP contribution is -2.26. The van der Waals surface area contributed by atoms with Crippen molar-refractivity contribution in [3.63, 3.8) is 0 Å². The fourth-order valence-corrected chi connectivity index (χ4v) is 3.70. The highest BCUT2D eigenvalue weighted by Crippen LogP contribution is 2.33. The second-order valence-corrected chi connectivity index (χ2v) is 10.7. The maximum Gasteiger partial charge on any atom is 0.416 e. The van der Waals surface area contributed by atoms with Crippen molar-refractivity contribution in [1.29, 1.82) is 0 Å². The number of carbonyl (C=O) groups is 1. The number of carbonyl (C=O) groups excluding carboxylic acids is 1. The van der Waals surface area contributed by atoms with Crippen molar-refractivity contribution in [3.8, 4) is 5.75 Å². The van der Waals surface area contributed by atoms with E-state index in [9.17, 15) is 23.1 Å². The van der Waals surface area contributed by atoms with Gasteiger partial charge in [-0.05, 0) is 50.8 Å². The summed E-state index contributed by atoms with van der Waals surface area (Å²) in [5.74, 6) is -0.295. The van der Waals surface area contributed by atoms with Crippen molar-refractivity contribution in [2.75, 3.05) is 6.61 Å². The number of ether oxygens (including phenoxy) is 1. The minimum atomic E-state index is -4.61. The van der Waals surface area contributed by atoms with Crippen LogP contribution in [0.25, 0.3) is 0 Å². The standard InChI is InChI=1S/C25H34F3N3O3/c1-23(2,3)20-14-21(31(30(20)6)15-16-7-8-16)29-22(32)18-13-17(25(26,27)28)9-10-19(18)34-12-11-24(4,5)33/h9-10,13-14,16,33H,7-8,11-12,15H2,1-6H3/b29-21+. The van der Waals surface area contributed by atoms with Crippen LogP contribution < -0.4 is 10.2 Å². The number of aliphatic hydroxyl groups is 1. The molecule has 0 saturated heterocycles. The minimum absolute atomic E-state index is 0.00622. The van der Waals surface area contributed by atoms with Gasteiger partial charge in [-0.25, -0.2) is 0 Å². The molecule has 6 nitrogen and oxygen atoms in total. The van der Waals surface area contributed by atoms with Crippen LogP contribution in [0.4, 0.5) is 13.2 Å².